The zero-order chi connectivity index (χ0) is 17.0. The average molecular weight is 345 g/mol. The zero-order valence-electron chi connectivity index (χ0n) is 13.1. The lowest BCUT2D eigenvalue weighted by Gasteiger charge is -2.33. The van der Waals surface area contributed by atoms with Crippen LogP contribution in [-0.4, -0.2) is 48.8 Å². The maximum Gasteiger partial charge on any atom is 0.246 e. The predicted molar refractivity (Wildman–Crippen MR) is 92.3 cm³/mol. The van der Waals surface area contributed by atoms with Crippen LogP contribution in [0.2, 0.25) is 0 Å². The van der Waals surface area contributed by atoms with E-state index < -0.39 is 15.9 Å². The maximum absolute atomic E-state index is 12.9. The first-order valence-electron chi connectivity index (χ1n) is 7.75. The molecule has 7 heteroatoms. The first kappa shape index (κ1) is 16.6. The Balaban J connectivity index is 1.84. The van der Waals surface area contributed by atoms with E-state index in [1.54, 1.807) is 24.5 Å². The number of amides is 1. The molecule has 126 valence electrons. The average Bonchev–Trinajstić information content (AvgIpc) is 2.58. The van der Waals surface area contributed by atoms with Crippen molar-refractivity contribution in [1.29, 1.82) is 0 Å². The van der Waals surface area contributed by atoms with Crippen molar-refractivity contribution in [3.8, 4) is 0 Å². The molecule has 24 heavy (non-hydrogen) atoms. The van der Waals surface area contributed by atoms with Crippen molar-refractivity contribution in [2.24, 2.45) is 0 Å². The minimum absolute atomic E-state index is 0.0822. The van der Waals surface area contributed by atoms with Crippen LogP contribution in [0.5, 0.6) is 0 Å². The van der Waals surface area contributed by atoms with E-state index in [9.17, 15) is 13.2 Å². The van der Waals surface area contributed by atoms with Crippen LogP contribution in [-0.2, 0) is 14.6 Å². The Bertz CT molecular complexity index is 780. The number of carbonyl (C=O) groups is 1. The summed E-state index contributed by atoms with van der Waals surface area (Å²) >= 11 is 0. The number of aromatic nitrogens is 1. The smallest absolute Gasteiger partial charge is 0.246 e. The number of anilines is 1. The molecule has 0 spiro atoms. The molecule has 2 aromatic rings. The minimum atomic E-state index is -3.00. The Morgan fingerprint density at radius 1 is 1.04 bits per heavy atom. The van der Waals surface area contributed by atoms with Crippen molar-refractivity contribution in [3.63, 3.8) is 0 Å². The summed E-state index contributed by atoms with van der Waals surface area (Å²) in [4.78, 5) is 18.7. The highest BCUT2D eigenvalue weighted by molar-refractivity contribution is 7.91. The van der Waals surface area contributed by atoms with Crippen LogP contribution in [0.4, 0.5) is 5.69 Å². The van der Waals surface area contributed by atoms with Crippen molar-refractivity contribution in [2.45, 2.75) is 6.04 Å². The molecule has 1 saturated heterocycles. The van der Waals surface area contributed by atoms with Crippen LogP contribution in [0.15, 0.2) is 54.9 Å². The highest BCUT2D eigenvalue weighted by Crippen LogP contribution is 2.24. The van der Waals surface area contributed by atoms with E-state index in [2.05, 4.69) is 10.3 Å². The molecule has 0 saturated carbocycles. The van der Waals surface area contributed by atoms with E-state index >= 15 is 0 Å². The number of carbonyl (C=O) groups excluding carboxylic acids is 1. The lowest BCUT2D eigenvalue weighted by atomic mass is 10.0. The van der Waals surface area contributed by atoms with Crippen LogP contribution in [0.3, 0.4) is 0 Å². The number of hydrogen-bond acceptors (Lipinski definition) is 5. The van der Waals surface area contributed by atoms with Crippen LogP contribution in [0.1, 0.15) is 11.6 Å². The first-order valence-corrected chi connectivity index (χ1v) is 9.58. The van der Waals surface area contributed by atoms with Crippen molar-refractivity contribution < 1.29 is 13.2 Å². The summed E-state index contributed by atoms with van der Waals surface area (Å²) in [6, 6.07) is 12.4. The van der Waals surface area contributed by atoms with Gasteiger partial charge in [0, 0.05) is 31.2 Å². The standard InChI is InChI=1S/C17H19N3O3S/c21-17(19-15-6-8-18-9-7-15)16(14-4-2-1-3-5-14)20-10-12-24(22,23)13-11-20/h1-9,16H,10-13H2,(H,18,19,21)/t16-/m0/s1. The monoisotopic (exact) mass is 345 g/mol. The Hall–Kier alpha value is -2.25. The number of nitrogens with one attached hydrogen (secondary N) is 1. The quantitative estimate of drug-likeness (QED) is 0.908. The number of sulfone groups is 1. The molecule has 1 N–H and O–H groups in total. The third-order valence-electron chi connectivity index (χ3n) is 4.06. The van der Waals surface area contributed by atoms with Gasteiger partial charge in [0.15, 0.2) is 9.84 Å². The van der Waals surface area contributed by atoms with Crippen LogP contribution in [0, 0.1) is 0 Å². The summed E-state index contributed by atoms with van der Waals surface area (Å²) in [7, 11) is -3.00. The van der Waals surface area contributed by atoms with Gasteiger partial charge in [-0.25, -0.2) is 8.42 Å². The predicted octanol–water partition coefficient (Wildman–Crippen LogP) is 1.49. The van der Waals surface area contributed by atoms with Gasteiger partial charge in [-0.3, -0.25) is 14.7 Å². The summed E-state index contributed by atoms with van der Waals surface area (Å²) in [5.74, 6) is -0.00993. The molecule has 0 unspecified atom stereocenters. The number of benzene rings is 1. The fourth-order valence-electron chi connectivity index (χ4n) is 2.79. The molecule has 1 aromatic heterocycles. The second kappa shape index (κ2) is 7.11. The highest BCUT2D eigenvalue weighted by atomic mass is 32.2. The maximum atomic E-state index is 12.9. The molecule has 1 aromatic carbocycles. The fourth-order valence-corrected chi connectivity index (χ4v) is 4.02. The molecule has 0 radical (unpaired) electrons. The van der Waals surface area contributed by atoms with Crippen molar-refractivity contribution in [2.75, 3.05) is 29.9 Å². The lowest BCUT2D eigenvalue weighted by Crippen LogP contribution is -2.46. The molecular weight excluding hydrogens is 326 g/mol. The van der Waals surface area contributed by atoms with E-state index in [-0.39, 0.29) is 17.4 Å². The molecular formula is C17H19N3O3S. The molecule has 1 amide bonds. The summed E-state index contributed by atoms with van der Waals surface area (Å²) in [6.45, 7) is 0.706. The SMILES string of the molecule is O=C(Nc1ccncc1)[C@H](c1ccccc1)N1CCS(=O)(=O)CC1. The molecule has 6 nitrogen and oxygen atoms in total. The van der Waals surface area contributed by atoms with E-state index in [1.165, 1.54) is 0 Å². The van der Waals surface area contributed by atoms with Crippen LogP contribution >= 0.6 is 0 Å². The molecule has 2 heterocycles. The zero-order valence-corrected chi connectivity index (χ0v) is 13.9. The van der Waals surface area contributed by atoms with Gasteiger partial charge in [-0.1, -0.05) is 30.3 Å². The second-order valence-corrected chi connectivity index (χ2v) is 8.03. The third-order valence-corrected chi connectivity index (χ3v) is 5.66. The Morgan fingerprint density at radius 3 is 2.29 bits per heavy atom. The second-order valence-electron chi connectivity index (χ2n) is 5.73. The van der Waals surface area contributed by atoms with Crippen molar-refractivity contribution >= 4 is 21.4 Å². The van der Waals surface area contributed by atoms with E-state index in [0.29, 0.717) is 18.8 Å². The van der Waals surface area contributed by atoms with Gasteiger partial charge in [-0.15, -0.1) is 0 Å². The number of hydrogen-bond donors (Lipinski definition) is 1. The van der Waals surface area contributed by atoms with Crippen LogP contribution in [0.25, 0.3) is 0 Å². The molecule has 1 aliphatic rings. The summed E-state index contributed by atoms with van der Waals surface area (Å²) in [6.07, 6.45) is 3.22. The van der Waals surface area contributed by atoms with Gasteiger partial charge >= 0.3 is 0 Å². The molecule has 1 fully saturated rings. The van der Waals surface area contributed by atoms with Crippen molar-refractivity contribution in [1.82, 2.24) is 9.88 Å². The largest absolute Gasteiger partial charge is 0.324 e. The third kappa shape index (κ3) is 3.98. The fraction of sp³-hybridized carbons (Fsp3) is 0.294. The van der Waals surface area contributed by atoms with Crippen LogP contribution < -0.4 is 5.32 Å². The van der Waals surface area contributed by atoms with Gasteiger partial charge in [0.1, 0.15) is 6.04 Å². The molecule has 3 rings (SSSR count). The van der Waals surface area contributed by atoms with Gasteiger partial charge < -0.3 is 5.32 Å². The topological polar surface area (TPSA) is 79.4 Å². The highest BCUT2D eigenvalue weighted by Gasteiger charge is 2.32. The Labute approximate surface area is 141 Å². The number of pyridine rings is 1. The first-order chi connectivity index (χ1) is 11.6. The van der Waals surface area contributed by atoms with Gasteiger partial charge in [0.2, 0.25) is 5.91 Å². The molecule has 0 bridgehead atoms. The number of rotatable bonds is 4. The van der Waals surface area contributed by atoms with Crippen molar-refractivity contribution in [3.05, 3.63) is 60.4 Å². The summed E-state index contributed by atoms with van der Waals surface area (Å²) in [5.41, 5.74) is 1.52. The summed E-state index contributed by atoms with van der Waals surface area (Å²) in [5, 5.41) is 2.89. The van der Waals surface area contributed by atoms with E-state index in [4.69, 9.17) is 0 Å². The number of nitrogens with zero attached hydrogens (tertiary/aromatic N) is 2. The van der Waals surface area contributed by atoms with Gasteiger partial charge in [-0.05, 0) is 17.7 Å². The normalized spacial score (nSPS) is 18.7. The molecule has 1 aliphatic heterocycles. The minimum Gasteiger partial charge on any atom is -0.324 e. The molecule has 1 atom stereocenters. The summed E-state index contributed by atoms with van der Waals surface area (Å²) < 4.78 is 23.4. The van der Waals surface area contributed by atoms with E-state index in [1.807, 2.05) is 35.2 Å². The van der Waals surface area contributed by atoms with Gasteiger partial charge in [0.05, 0.1) is 11.5 Å². The Morgan fingerprint density at radius 2 is 1.67 bits per heavy atom. The van der Waals surface area contributed by atoms with Gasteiger partial charge in [-0.2, -0.15) is 0 Å². The van der Waals surface area contributed by atoms with E-state index in [0.717, 1.165) is 5.56 Å². The molecule has 0 aliphatic carbocycles. The van der Waals surface area contributed by atoms with Gasteiger partial charge in [0.25, 0.3) is 0 Å². The Kier molecular flexibility index (Phi) is 4.92. The lowest BCUT2D eigenvalue weighted by molar-refractivity contribution is -0.121.